The van der Waals surface area contributed by atoms with E-state index in [1.165, 1.54) is 0 Å². The lowest BCUT2D eigenvalue weighted by Crippen LogP contribution is -2.16. The molecule has 0 saturated carbocycles. The van der Waals surface area contributed by atoms with Gasteiger partial charge in [-0.15, -0.1) is 0 Å². The van der Waals surface area contributed by atoms with Crippen LogP contribution < -0.4 is 5.73 Å². The highest BCUT2D eigenvalue weighted by Crippen LogP contribution is 2.06. The predicted molar refractivity (Wildman–Crippen MR) is 55.1 cm³/mol. The van der Waals surface area contributed by atoms with Crippen molar-refractivity contribution in [3.8, 4) is 0 Å². The number of nitrogens with two attached hydrogens (primary N) is 1. The minimum atomic E-state index is 0.0747. The van der Waals surface area contributed by atoms with Crippen LogP contribution in [0.3, 0.4) is 0 Å². The lowest BCUT2D eigenvalue weighted by molar-refractivity contribution is 0.0974. The molecule has 78 valence electrons. The van der Waals surface area contributed by atoms with Crippen LogP contribution in [-0.2, 0) is 6.54 Å². The van der Waals surface area contributed by atoms with Gasteiger partial charge in [0.05, 0.1) is 0 Å². The van der Waals surface area contributed by atoms with Crippen LogP contribution in [0, 0.1) is 5.92 Å². The first-order chi connectivity index (χ1) is 6.65. The molecule has 14 heavy (non-hydrogen) atoms. The number of hydrogen-bond donors (Lipinski definition) is 1. The average molecular weight is 195 g/mol. The second-order valence-corrected chi connectivity index (χ2v) is 3.75. The first-order valence-corrected chi connectivity index (χ1v) is 4.90. The Morgan fingerprint density at radius 3 is 2.93 bits per heavy atom. The Kier molecular flexibility index (Phi) is 3.83. The minimum absolute atomic E-state index is 0.0747. The normalized spacial score (nSPS) is 10.9. The van der Waals surface area contributed by atoms with E-state index >= 15 is 0 Å². The van der Waals surface area contributed by atoms with E-state index in [-0.39, 0.29) is 5.78 Å². The number of hydrogen-bond acceptors (Lipinski definition) is 3. The molecule has 0 saturated heterocycles. The van der Waals surface area contributed by atoms with Crippen molar-refractivity contribution in [3.63, 3.8) is 0 Å². The Balaban J connectivity index is 2.76. The molecule has 0 bridgehead atoms. The Labute approximate surface area is 84.1 Å². The van der Waals surface area contributed by atoms with Gasteiger partial charge in [0, 0.05) is 19.2 Å². The summed E-state index contributed by atoms with van der Waals surface area (Å²) in [6.07, 6.45) is 2.05. The number of aromatic nitrogens is 2. The maximum Gasteiger partial charge on any atom is 0.182 e. The van der Waals surface area contributed by atoms with E-state index in [1.807, 2.05) is 0 Å². The van der Waals surface area contributed by atoms with Crippen molar-refractivity contribution in [3.05, 3.63) is 18.0 Å². The van der Waals surface area contributed by atoms with Gasteiger partial charge in [-0.3, -0.25) is 9.48 Å². The summed E-state index contributed by atoms with van der Waals surface area (Å²) in [7, 11) is 0. The summed E-state index contributed by atoms with van der Waals surface area (Å²) in [4.78, 5) is 11.6. The van der Waals surface area contributed by atoms with E-state index in [0.717, 1.165) is 6.54 Å². The quantitative estimate of drug-likeness (QED) is 0.715. The molecule has 0 aliphatic carbocycles. The van der Waals surface area contributed by atoms with E-state index in [1.54, 1.807) is 16.9 Å². The second kappa shape index (κ2) is 4.91. The fourth-order valence-electron chi connectivity index (χ4n) is 1.32. The highest BCUT2D eigenvalue weighted by Gasteiger charge is 2.11. The van der Waals surface area contributed by atoms with E-state index in [9.17, 15) is 4.79 Å². The highest BCUT2D eigenvalue weighted by atomic mass is 16.1. The molecule has 1 rings (SSSR count). The Morgan fingerprint density at radius 2 is 2.36 bits per heavy atom. The number of Topliss-reactive ketones (excluding diaryl/α,β-unsaturated/α-hetero) is 1. The number of carbonyl (C=O) groups is 1. The molecule has 0 aliphatic heterocycles. The number of nitrogens with zero attached hydrogens (tertiary/aromatic N) is 2. The fourth-order valence-corrected chi connectivity index (χ4v) is 1.32. The molecule has 0 spiro atoms. The monoisotopic (exact) mass is 195 g/mol. The van der Waals surface area contributed by atoms with E-state index in [2.05, 4.69) is 18.9 Å². The number of rotatable bonds is 5. The van der Waals surface area contributed by atoms with Gasteiger partial charge in [0.2, 0.25) is 0 Å². The molecule has 0 fully saturated rings. The summed E-state index contributed by atoms with van der Waals surface area (Å²) in [5.74, 6) is 0.560. The molecule has 0 radical (unpaired) electrons. The Hall–Kier alpha value is -1.16. The van der Waals surface area contributed by atoms with Gasteiger partial charge >= 0.3 is 0 Å². The summed E-state index contributed by atoms with van der Waals surface area (Å²) >= 11 is 0. The lowest BCUT2D eigenvalue weighted by Gasteiger charge is -2.08. The van der Waals surface area contributed by atoms with Crippen molar-refractivity contribution in [2.45, 2.75) is 26.8 Å². The molecule has 0 unspecified atom stereocenters. The van der Waals surface area contributed by atoms with Gasteiger partial charge in [-0.05, 0) is 18.5 Å². The van der Waals surface area contributed by atoms with Crippen molar-refractivity contribution in [1.29, 1.82) is 0 Å². The van der Waals surface area contributed by atoms with Crippen LogP contribution in [0.1, 0.15) is 30.8 Å². The maximum atomic E-state index is 11.6. The predicted octanol–water partition coefficient (Wildman–Crippen LogP) is 1.07. The van der Waals surface area contributed by atoms with Gasteiger partial charge in [-0.25, -0.2) is 0 Å². The van der Waals surface area contributed by atoms with Crippen molar-refractivity contribution < 1.29 is 4.79 Å². The van der Waals surface area contributed by atoms with E-state index < -0.39 is 0 Å². The van der Waals surface area contributed by atoms with Crippen molar-refractivity contribution in [2.24, 2.45) is 11.7 Å². The maximum absolute atomic E-state index is 11.6. The standard InChI is InChI=1S/C10H17N3O/c1-8(2)7-13-9(4-6-12-13)10(14)3-5-11/h4,6,8H,3,5,7,11H2,1-2H3. The molecule has 2 N–H and O–H groups in total. The first-order valence-electron chi connectivity index (χ1n) is 4.90. The molecule has 1 aromatic rings. The largest absolute Gasteiger partial charge is 0.330 e. The molecule has 4 nitrogen and oxygen atoms in total. The SMILES string of the molecule is CC(C)Cn1nccc1C(=O)CCN. The van der Waals surface area contributed by atoms with Crippen LogP contribution in [0.5, 0.6) is 0 Å². The van der Waals surface area contributed by atoms with Crippen molar-refractivity contribution in [1.82, 2.24) is 9.78 Å². The van der Waals surface area contributed by atoms with Gasteiger partial charge in [-0.1, -0.05) is 13.8 Å². The average Bonchev–Trinajstić information content (AvgIpc) is 2.51. The zero-order chi connectivity index (χ0) is 10.6. The molecular weight excluding hydrogens is 178 g/mol. The topological polar surface area (TPSA) is 60.9 Å². The third-order valence-electron chi connectivity index (χ3n) is 1.91. The van der Waals surface area contributed by atoms with E-state index in [4.69, 9.17) is 5.73 Å². The molecular formula is C10H17N3O. The Morgan fingerprint density at radius 1 is 1.64 bits per heavy atom. The smallest absolute Gasteiger partial charge is 0.182 e. The van der Waals surface area contributed by atoms with Crippen LogP contribution in [0.2, 0.25) is 0 Å². The van der Waals surface area contributed by atoms with E-state index in [0.29, 0.717) is 24.6 Å². The second-order valence-electron chi connectivity index (χ2n) is 3.75. The first kappa shape index (κ1) is 10.9. The number of ketones is 1. The lowest BCUT2D eigenvalue weighted by atomic mass is 10.2. The van der Waals surface area contributed by atoms with Crippen molar-refractivity contribution >= 4 is 5.78 Å². The summed E-state index contributed by atoms with van der Waals surface area (Å²) in [6.45, 7) is 5.36. The summed E-state index contributed by atoms with van der Waals surface area (Å²) < 4.78 is 1.75. The molecule has 0 aliphatic rings. The number of carbonyl (C=O) groups excluding carboxylic acids is 1. The third kappa shape index (κ3) is 2.67. The summed E-state index contributed by atoms with van der Waals surface area (Å²) in [5.41, 5.74) is 6.01. The third-order valence-corrected chi connectivity index (χ3v) is 1.91. The fraction of sp³-hybridized carbons (Fsp3) is 0.600. The van der Waals surface area contributed by atoms with Crippen LogP contribution in [0.4, 0.5) is 0 Å². The van der Waals surface area contributed by atoms with Crippen LogP contribution >= 0.6 is 0 Å². The molecule has 1 aromatic heterocycles. The molecule has 0 aromatic carbocycles. The van der Waals surface area contributed by atoms with Gasteiger partial charge in [0.25, 0.3) is 0 Å². The summed E-state index contributed by atoms with van der Waals surface area (Å²) in [5, 5.41) is 4.11. The van der Waals surface area contributed by atoms with Gasteiger partial charge in [-0.2, -0.15) is 5.10 Å². The Bertz CT molecular complexity index is 304. The van der Waals surface area contributed by atoms with Gasteiger partial charge in [0.15, 0.2) is 5.78 Å². The molecule has 0 amide bonds. The van der Waals surface area contributed by atoms with Crippen LogP contribution in [-0.4, -0.2) is 22.1 Å². The van der Waals surface area contributed by atoms with Crippen LogP contribution in [0.25, 0.3) is 0 Å². The van der Waals surface area contributed by atoms with Gasteiger partial charge < -0.3 is 5.73 Å². The van der Waals surface area contributed by atoms with Gasteiger partial charge in [0.1, 0.15) is 5.69 Å². The zero-order valence-electron chi connectivity index (χ0n) is 8.73. The molecule has 0 atom stereocenters. The summed E-state index contributed by atoms with van der Waals surface area (Å²) in [6, 6.07) is 1.75. The molecule has 1 heterocycles. The zero-order valence-corrected chi connectivity index (χ0v) is 8.73. The van der Waals surface area contributed by atoms with Crippen molar-refractivity contribution in [2.75, 3.05) is 6.54 Å². The van der Waals surface area contributed by atoms with Crippen LogP contribution in [0.15, 0.2) is 12.3 Å². The molecule has 4 heteroatoms. The minimum Gasteiger partial charge on any atom is -0.330 e. The highest BCUT2D eigenvalue weighted by molar-refractivity contribution is 5.94.